The van der Waals surface area contributed by atoms with Crippen LogP contribution in [0.5, 0.6) is 0 Å². The second-order valence-corrected chi connectivity index (χ2v) is 7.41. The van der Waals surface area contributed by atoms with E-state index in [4.69, 9.17) is 0 Å². The van der Waals surface area contributed by atoms with Gasteiger partial charge in [0.25, 0.3) is 0 Å². The molecule has 1 heterocycles. The number of fused-ring (bicyclic) bond motifs is 1. The zero-order valence-electron chi connectivity index (χ0n) is 17.9. The zero-order valence-corrected chi connectivity index (χ0v) is 17.9. The fraction of sp³-hybridized carbons (Fsp3) is 0.385. The number of anilines is 1. The quantitative estimate of drug-likeness (QED) is 0.450. The van der Waals surface area contributed by atoms with Gasteiger partial charge in [0.15, 0.2) is 0 Å². The minimum Gasteiger partial charge on any atom is -0.341 e. The van der Waals surface area contributed by atoms with Crippen LogP contribution in [0.3, 0.4) is 0 Å². The van der Waals surface area contributed by atoms with Crippen molar-refractivity contribution in [2.45, 2.75) is 54.4 Å². The number of hydrogen-bond donors (Lipinski definition) is 0. The van der Waals surface area contributed by atoms with E-state index in [1.54, 1.807) is 0 Å². The van der Waals surface area contributed by atoms with Gasteiger partial charge in [-0.05, 0) is 62.8 Å². The highest BCUT2D eigenvalue weighted by molar-refractivity contribution is 5.88. The molecule has 1 atom stereocenters. The van der Waals surface area contributed by atoms with Gasteiger partial charge in [0.2, 0.25) is 0 Å². The van der Waals surface area contributed by atoms with E-state index in [1.165, 1.54) is 40.1 Å². The summed E-state index contributed by atoms with van der Waals surface area (Å²) in [5.74, 6) is 0.637. The minimum absolute atomic E-state index is 0.637. The van der Waals surface area contributed by atoms with Gasteiger partial charge in [0.05, 0.1) is 0 Å². The molecule has 0 saturated carbocycles. The number of allylic oxidation sites excluding steroid dienone is 9. The average molecular weight is 362 g/mol. The molecule has 0 N–H and O–H groups in total. The van der Waals surface area contributed by atoms with Gasteiger partial charge < -0.3 is 4.90 Å². The molecule has 1 aromatic rings. The molecule has 27 heavy (non-hydrogen) atoms. The Bertz CT molecular complexity index is 786. The van der Waals surface area contributed by atoms with Gasteiger partial charge in [0, 0.05) is 23.5 Å². The summed E-state index contributed by atoms with van der Waals surface area (Å²) in [6.45, 7) is 14.3. The number of rotatable bonds is 7. The van der Waals surface area contributed by atoms with E-state index in [2.05, 4.69) is 107 Å². The fourth-order valence-corrected chi connectivity index (χ4v) is 3.44. The number of benzene rings is 1. The maximum atomic E-state index is 2.48. The summed E-state index contributed by atoms with van der Waals surface area (Å²) in [5, 5.41) is 0. The first-order valence-corrected chi connectivity index (χ1v) is 10.3. The smallest absolute Gasteiger partial charge is 0.0490 e. The molecule has 1 aliphatic rings. The van der Waals surface area contributed by atoms with E-state index >= 15 is 0 Å². The van der Waals surface area contributed by atoms with Crippen molar-refractivity contribution >= 4 is 11.3 Å². The number of hydrogen-bond acceptors (Lipinski definition) is 1. The summed E-state index contributed by atoms with van der Waals surface area (Å²) in [6, 6.07) is 8.78. The Kier molecular flexibility index (Phi) is 7.91. The Morgan fingerprint density at radius 1 is 1.15 bits per heavy atom. The van der Waals surface area contributed by atoms with E-state index in [1.807, 2.05) is 0 Å². The van der Waals surface area contributed by atoms with E-state index < -0.39 is 0 Å². The van der Waals surface area contributed by atoms with E-state index in [9.17, 15) is 0 Å². The molecular formula is C26H35N. The first-order valence-electron chi connectivity index (χ1n) is 10.3. The molecule has 2 rings (SSSR count). The van der Waals surface area contributed by atoms with Gasteiger partial charge in [-0.25, -0.2) is 0 Å². The Balaban J connectivity index is 2.45. The van der Waals surface area contributed by atoms with Crippen molar-refractivity contribution in [2.24, 2.45) is 5.92 Å². The van der Waals surface area contributed by atoms with Crippen LogP contribution in [-0.4, -0.2) is 6.54 Å². The average Bonchev–Trinajstić information content (AvgIpc) is 2.69. The summed E-state index contributed by atoms with van der Waals surface area (Å²) >= 11 is 0. The minimum atomic E-state index is 0.637. The predicted molar refractivity (Wildman–Crippen MR) is 122 cm³/mol. The van der Waals surface area contributed by atoms with Crippen LogP contribution >= 0.6 is 0 Å². The largest absolute Gasteiger partial charge is 0.341 e. The summed E-state index contributed by atoms with van der Waals surface area (Å²) in [7, 11) is 0. The molecule has 0 fully saturated rings. The lowest BCUT2D eigenvalue weighted by Crippen LogP contribution is -2.28. The Hall–Kier alpha value is -2.28. The highest BCUT2D eigenvalue weighted by Gasteiger charge is 2.22. The summed E-state index contributed by atoms with van der Waals surface area (Å²) in [5.41, 5.74) is 8.23. The summed E-state index contributed by atoms with van der Waals surface area (Å²) in [6.07, 6.45) is 15.4. The van der Waals surface area contributed by atoms with Crippen LogP contribution in [-0.2, 0) is 0 Å². The van der Waals surface area contributed by atoms with Crippen LogP contribution in [0, 0.1) is 5.92 Å². The zero-order chi connectivity index (χ0) is 19.8. The van der Waals surface area contributed by atoms with Crippen molar-refractivity contribution < 1.29 is 0 Å². The third kappa shape index (κ3) is 5.13. The molecule has 144 valence electrons. The number of nitrogens with zero attached hydrogens (tertiary/aromatic N) is 1. The number of para-hydroxylation sites is 1. The molecule has 1 nitrogen and oxygen atoms in total. The molecule has 0 aromatic heterocycles. The monoisotopic (exact) mass is 361 g/mol. The SMILES string of the molecule is C/C=C\C=C/C1=C(C)CN(/C(=C/C=C(\C)C(C)CC)CC)c2ccccc21. The maximum Gasteiger partial charge on any atom is 0.0490 e. The van der Waals surface area contributed by atoms with E-state index in [0.29, 0.717) is 5.92 Å². The predicted octanol–water partition coefficient (Wildman–Crippen LogP) is 7.70. The van der Waals surface area contributed by atoms with Gasteiger partial charge in [-0.15, -0.1) is 0 Å². The molecule has 0 spiro atoms. The van der Waals surface area contributed by atoms with Gasteiger partial charge in [-0.1, -0.05) is 74.9 Å². The second-order valence-electron chi connectivity index (χ2n) is 7.41. The molecule has 0 amide bonds. The molecule has 1 aliphatic heterocycles. The molecule has 1 unspecified atom stereocenters. The lowest BCUT2D eigenvalue weighted by molar-refractivity contribution is 0.655. The molecule has 0 saturated heterocycles. The van der Waals surface area contributed by atoms with Crippen molar-refractivity contribution in [1.82, 2.24) is 0 Å². The topological polar surface area (TPSA) is 3.24 Å². The lowest BCUT2D eigenvalue weighted by atomic mass is 9.93. The van der Waals surface area contributed by atoms with Gasteiger partial charge in [-0.3, -0.25) is 0 Å². The fourth-order valence-electron chi connectivity index (χ4n) is 3.44. The lowest BCUT2D eigenvalue weighted by Gasteiger charge is -2.34. The Morgan fingerprint density at radius 3 is 2.56 bits per heavy atom. The third-order valence-electron chi connectivity index (χ3n) is 5.54. The van der Waals surface area contributed by atoms with Crippen molar-refractivity contribution in [3.05, 3.63) is 83.1 Å². The Morgan fingerprint density at radius 2 is 1.89 bits per heavy atom. The van der Waals surface area contributed by atoms with Crippen LogP contribution < -0.4 is 4.90 Å². The second kappa shape index (κ2) is 10.2. The molecule has 0 bridgehead atoms. The van der Waals surface area contributed by atoms with Gasteiger partial charge >= 0.3 is 0 Å². The van der Waals surface area contributed by atoms with Crippen LogP contribution in [0.1, 0.15) is 59.9 Å². The molecule has 0 aliphatic carbocycles. The van der Waals surface area contributed by atoms with Crippen LogP contribution in [0.2, 0.25) is 0 Å². The van der Waals surface area contributed by atoms with Gasteiger partial charge in [0.1, 0.15) is 0 Å². The molecule has 1 heteroatoms. The summed E-state index contributed by atoms with van der Waals surface area (Å²) < 4.78 is 0. The van der Waals surface area contributed by atoms with E-state index in [0.717, 1.165) is 13.0 Å². The molecule has 0 radical (unpaired) electrons. The van der Waals surface area contributed by atoms with Crippen molar-refractivity contribution in [3.63, 3.8) is 0 Å². The first kappa shape index (κ1) is 21.0. The Labute approximate surface area is 166 Å². The molecule has 1 aromatic carbocycles. The molecular weight excluding hydrogens is 326 g/mol. The van der Waals surface area contributed by atoms with Crippen LogP contribution in [0.25, 0.3) is 5.57 Å². The summed E-state index contributed by atoms with van der Waals surface area (Å²) in [4.78, 5) is 2.48. The van der Waals surface area contributed by atoms with E-state index in [-0.39, 0.29) is 0 Å². The third-order valence-corrected chi connectivity index (χ3v) is 5.54. The highest BCUT2D eigenvalue weighted by Crippen LogP contribution is 2.38. The van der Waals surface area contributed by atoms with Crippen molar-refractivity contribution in [2.75, 3.05) is 11.4 Å². The van der Waals surface area contributed by atoms with Crippen molar-refractivity contribution in [1.29, 1.82) is 0 Å². The van der Waals surface area contributed by atoms with Crippen LogP contribution in [0.4, 0.5) is 5.69 Å². The standard InChI is InChI=1S/C26H35N/c1-7-10-11-14-24-22(6)19-27(26-16-13-12-15-25(24)26)23(9-3)18-17-21(5)20(4)8-2/h7,10-18,20H,8-9,19H2,1-6H3/b10-7-,14-11-,21-17+,23-18+. The van der Waals surface area contributed by atoms with Crippen LogP contribution in [0.15, 0.2) is 77.6 Å². The van der Waals surface area contributed by atoms with Crippen molar-refractivity contribution in [3.8, 4) is 0 Å². The normalized spacial score (nSPS) is 17.2. The highest BCUT2D eigenvalue weighted by atomic mass is 15.1. The first-order chi connectivity index (χ1) is 13.0. The maximum absolute atomic E-state index is 2.48. The van der Waals surface area contributed by atoms with Gasteiger partial charge in [-0.2, -0.15) is 0 Å².